The topological polar surface area (TPSA) is 32.3 Å². The van der Waals surface area contributed by atoms with E-state index < -0.39 is 0 Å². The Balaban J connectivity index is 1.59. The molecule has 110 valence electrons. The van der Waals surface area contributed by atoms with Crippen LogP contribution in [0.15, 0.2) is 0 Å². The van der Waals surface area contributed by atoms with E-state index >= 15 is 0 Å². The van der Waals surface area contributed by atoms with Gasteiger partial charge in [-0.15, -0.1) is 0 Å². The van der Waals surface area contributed by atoms with Crippen LogP contribution in [0.2, 0.25) is 0 Å². The van der Waals surface area contributed by atoms with Gasteiger partial charge < -0.3 is 10.2 Å². The molecule has 2 aliphatic rings. The Bertz CT molecular complexity index is 276. The molecule has 0 atom stereocenters. The van der Waals surface area contributed by atoms with Crippen LogP contribution in [0.3, 0.4) is 0 Å². The van der Waals surface area contributed by atoms with E-state index in [2.05, 4.69) is 17.1 Å². The van der Waals surface area contributed by atoms with E-state index in [4.69, 9.17) is 0 Å². The standard InChI is InChI=1S/C16H30N2O/c1-16(9-4-5-10-16)15(19)17-11-8-14-18-12-6-2-3-7-13-18/h2-14H2,1H3,(H,17,19). The first-order valence-corrected chi connectivity index (χ1v) is 8.21. The van der Waals surface area contributed by atoms with Crippen molar-refractivity contribution in [3.05, 3.63) is 0 Å². The molecule has 1 saturated carbocycles. The number of carbonyl (C=O) groups is 1. The molecule has 0 bridgehead atoms. The van der Waals surface area contributed by atoms with Gasteiger partial charge in [-0.05, 0) is 51.7 Å². The Labute approximate surface area is 118 Å². The van der Waals surface area contributed by atoms with Crippen LogP contribution in [0.25, 0.3) is 0 Å². The third-order valence-electron chi connectivity index (χ3n) is 4.89. The van der Waals surface area contributed by atoms with E-state index in [-0.39, 0.29) is 5.41 Å². The molecule has 19 heavy (non-hydrogen) atoms. The molecule has 0 aromatic carbocycles. The number of nitrogens with zero attached hydrogens (tertiary/aromatic N) is 1. The SMILES string of the molecule is CC1(C(=O)NCCCN2CCCCCC2)CCCC1. The second-order valence-corrected chi connectivity index (χ2v) is 6.63. The van der Waals surface area contributed by atoms with Gasteiger partial charge in [0, 0.05) is 12.0 Å². The van der Waals surface area contributed by atoms with E-state index in [9.17, 15) is 4.79 Å². The van der Waals surface area contributed by atoms with Gasteiger partial charge in [0.2, 0.25) is 5.91 Å². The van der Waals surface area contributed by atoms with E-state index in [1.54, 1.807) is 0 Å². The van der Waals surface area contributed by atoms with Crippen molar-refractivity contribution in [1.82, 2.24) is 10.2 Å². The fourth-order valence-electron chi connectivity index (χ4n) is 3.46. The van der Waals surface area contributed by atoms with Crippen LogP contribution in [0.1, 0.15) is 64.7 Å². The summed E-state index contributed by atoms with van der Waals surface area (Å²) in [5, 5.41) is 3.15. The lowest BCUT2D eigenvalue weighted by atomic mass is 9.88. The van der Waals surface area contributed by atoms with Gasteiger partial charge in [-0.2, -0.15) is 0 Å². The minimum Gasteiger partial charge on any atom is -0.356 e. The third-order valence-corrected chi connectivity index (χ3v) is 4.89. The molecule has 0 aromatic rings. The van der Waals surface area contributed by atoms with Crippen LogP contribution in [0.5, 0.6) is 0 Å². The molecule has 0 aromatic heterocycles. The van der Waals surface area contributed by atoms with Crippen molar-refractivity contribution < 1.29 is 4.79 Å². The Morgan fingerprint density at radius 1 is 1.05 bits per heavy atom. The molecule has 1 amide bonds. The molecule has 1 N–H and O–H groups in total. The zero-order chi connectivity index (χ0) is 13.6. The molecule has 1 aliphatic heterocycles. The summed E-state index contributed by atoms with van der Waals surface area (Å²) in [6, 6.07) is 0. The van der Waals surface area contributed by atoms with Gasteiger partial charge in [0.1, 0.15) is 0 Å². The van der Waals surface area contributed by atoms with Gasteiger partial charge in [-0.1, -0.05) is 32.6 Å². The Kier molecular flexibility index (Phi) is 5.68. The quantitative estimate of drug-likeness (QED) is 0.776. The summed E-state index contributed by atoms with van der Waals surface area (Å²) in [6.07, 6.45) is 11.2. The zero-order valence-electron chi connectivity index (χ0n) is 12.5. The maximum Gasteiger partial charge on any atom is 0.225 e. The fourth-order valence-corrected chi connectivity index (χ4v) is 3.46. The van der Waals surface area contributed by atoms with Crippen LogP contribution in [-0.4, -0.2) is 37.0 Å². The molecule has 1 saturated heterocycles. The summed E-state index contributed by atoms with van der Waals surface area (Å²) in [7, 11) is 0. The molecule has 2 fully saturated rings. The number of carbonyl (C=O) groups excluding carboxylic acids is 1. The van der Waals surface area contributed by atoms with E-state index in [1.807, 2.05) is 0 Å². The van der Waals surface area contributed by atoms with Crippen molar-refractivity contribution in [2.75, 3.05) is 26.2 Å². The number of amides is 1. The Morgan fingerprint density at radius 2 is 1.68 bits per heavy atom. The maximum absolute atomic E-state index is 12.1. The first kappa shape index (κ1) is 14.8. The van der Waals surface area contributed by atoms with Gasteiger partial charge in [-0.25, -0.2) is 0 Å². The van der Waals surface area contributed by atoms with Crippen molar-refractivity contribution >= 4 is 5.91 Å². The Hall–Kier alpha value is -0.570. The lowest BCUT2D eigenvalue weighted by Crippen LogP contribution is -2.38. The normalized spacial score (nSPS) is 24.1. The molecular formula is C16H30N2O. The monoisotopic (exact) mass is 266 g/mol. The maximum atomic E-state index is 12.1. The van der Waals surface area contributed by atoms with Crippen LogP contribution in [0, 0.1) is 5.41 Å². The average Bonchev–Trinajstić information content (AvgIpc) is 2.70. The minimum atomic E-state index is -0.0669. The van der Waals surface area contributed by atoms with Crippen molar-refractivity contribution in [2.24, 2.45) is 5.41 Å². The highest BCUT2D eigenvalue weighted by Gasteiger charge is 2.35. The first-order valence-electron chi connectivity index (χ1n) is 8.21. The number of nitrogens with one attached hydrogen (secondary N) is 1. The van der Waals surface area contributed by atoms with Crippen molar-refractivity contribution in [2.45, 2.75) is 64.7 Å². The number of hydrogen-bond acceptors (Lipinski definition) is 2. The number of hydrogen-bond donors (Lipinski definition) is 1. The minimum absolute atomic E-state index is 0.0669. The molecule has 0 unspecified atom stereocenters. The largest absolute Gasteiger partial charge is 0.356 e. The highest BCUT2D eigenvalue weighted by molar-refractivity contribution is 5.82. The van der Waals surface area contributed by atoms with Gasteiger partial charge in [0.25, 0.3) is 0 Å². The van der Waals surface area contributed by atoms with Crippen LogP contribution < -0.4 is 5.32 Å². The predicted octanol–water partition coefficient (Wildman–Crippen LogP) is 2.95. The summed E-state index contributed by atoms with van der Waals surface area (Å²) >= 11 is 0. The fraction of sp³-hybridized carbons (Fsp3) is 0.938. The van der Waals surface area contributed by atoms with E-state index in [1.165, 1.54) is 51.6 Å². The summed E-state index contributed by atoms with van der Waals surface area (Å²) < 4.78 is 0. The predicted molar refractivity (Wildman–Crippen MR) is 79.1 cm³/mol. The molecular weight excluding hydrogens is 236 g/mol. The molecule has 2 rings (SSSR count). The molecule has 1 heterocycles. The molecule has 0 spiro atoms. The lowest BCUT2D eigenvalue weighted by Gasteiger charge is -2.23. The van der Waals surface area contributed by atoms with Gasteiger partial charge >= 0.3 is 0 Å². The van der Waals surface area contributed by atoms with Gasteiger partial charge in [0.05, 0.1) is 0 Å². The van der Waals surface area contributed by atoms with E-state index in [0.717, 1.165) is 32.4 Å². The summed E-state index contributed by atoms with van der Waals surface area (Å²) in [6.45, 7) is 6.64. The van der Waals surface area contributed by atoms with Gasteiger partial charge in [0.15, 0.2) is 0 Å². The third kappa shape index (κ3) is 4.48. The summed E-state index contributed by atoms with van der Waals surface area (Å²) in [5.74, 6) is 0.292. The second-order valence-electron chi connectivity index (χ2n) is 6.63. The molecule has 3 nitrogen and oxygen atoms in total. The van der Waals surface area contributed by atoms with Gasteiger partial charge in [-0.3, -0.25) is 4.79 Å². The molecule has 1 aliphatic carbocycles. The summed E-state index contributed by atoms with van der Waals surface area (Å²) in [5.41, 5.74) is -0.0669. The Morgan fingerprint density at radius 3 is 2.32 bits per heavy atom. The molecule has 0 radical (unpaired) electrons. The number of rotatable bonds is 5. The van der Waals surface area contributed by atoms with Crippen molar-refractivity contribution in [1.29, 1.82) is 0 Å². The van der Waals surface area contributed by atoms with Crippen molar-refractivity contribution in [3.8, 4) is 0 Å². The zero-order valence-corrected chi connectivity index (χ0v) is 12.5. The average molecular weight is 266 g/mol. The van der Waals surface area contributed by atoms with Crippen molar-refractivity contribution in [3.63, 3.8) is 0 Å². The van der Waals surface area contributed by atoms with Crippen LogP contribution in [0.4, 0.5) is 0 Å². The summed E-state index contributed by atoms with van der Waals surface area (Å²) in [4.78, 5) is 14.7. The highest BCUT2D eigenvalue weighted by atomic mass is 16.2. The second kappa shape index (κ2) is 7.28. The van der Waals surface area contributed by atoms with E-state index in [0.29, 0.717) is 5.91 Å². The lowest BCUT2D eigenvalue weighted by molar-refractivity contribution is -0.129. The van der Waals surface area contributed by atoms with Crippen LogP contribution in [-0.2, 0) is 4.79 Å². The highest BCUT2D eigenvalue weighted by Crippen LogP contribution is 2.37. The molecule has 3 heteroatoms. The van der Waals surface area contributed by atoms with Crippen LogP contribution >= 0.6 is 0 Å². The smallest absolute Gasteiger partial charge is 0.225 e. The number of likely N-dealkylation sites (tertiary alicyclic amines) is 1. The first-order chi connectivity index (χ1) is 9.21.